The topological polar surface area (TPSA) is 39.4 Å². The molecule has 0 N–H and O–H groups in total. The summed E-state index contributed by atoms with van der Waals surface area (Å²) in [4.78, 5) is 11.6. The van der Waals surface area contributed by atoms with Crippen LogP contribution in [0.1, 0.15) is 22.3 Å². The van der Waals surface area contributed by atoms with Gasteiger partial charge in [-0.15, -0.1) is 0 Å². The smallest absolute Gasteiger partial charge is 0.168 e. The molecule has 1 aromatic carbocycles. The third-order valence-electron chi connectivity index (χ3n) is 2.43. The number of Topliss-reactive ketones (excluding diaryl/α,β-unsaturated/α-hetero) is 1. The van der Waals surface area contributed by atoms with Crippen molar-refractivity contribution in [2.45, 2.75) is 13.0 Å². The van der Waals surface area contributed by atoms with Crippen LogP contribution < -0.4 is 0 Å². The van der Waals surface area contributed by atoms with Crippen LogP contribution in [0.4, 0.5) is 0 Å². The zero-order valence-corrected chi connectivity index (χ0v) is 9.46. The molecule has 0 unspecified atom stereocenters. The summed E-state index contributed by atoms with van der Waals surface area (Å²) in [6, 6.07) is 11.6. The second-order valence-electron chi connectivity index (χ2n) is 3.72. The average molecular weight is 230 g/mol. The van der Waals surface area contributed by atoms with Gasteiger partial charge in [-0.2, -0.15) is 0 Å². The summed E-state index contributed by atoms with van der Waals surface area (Å²) in [6.45, 7) is 0.971. The van der Waals surface area contributed by atoms with E-state index < -0.39 is 0 Å². The first-order valence-electron chi connectivity index (χ1n) is 5.53. The van der Waals surface area contributed by atoms with Gasteiger partial charge < -0.3 is 9.15 Å². The number of carbonyl (C=O) groups is 1. The quantitative estimate of drug-likeness (QED) is 0.565. The number of furan rings is 1. The first kappa shape index (κ1) is 11.6. The minimum Gasteiger partial charge on any atom is -0.472 e. The van der Waals surface area contributed by atoms with Gasteiger partial charge >= 0.3 is 0 Å². The van der Waals surface area contributed by atoms with E-state index in [-0.39, 0.29) is 5.78 Å². The van der Waals surface area contributed by atoms with Crippen LogP contribution in [0.2, 0.25) is 0 Å². The molecular weight excluding hydrogens is 216 g/mol. The standard InChI is InChI=1S/C14H14O3/c15-14(13-6-8-17-11-13)7-9-16-10-12-4-2-1-3-5-12/h1-6,8,11H,7,9-10H2. The van der Waals surface area contributed by atoms with Crippen LogP contribution in [0.5, 0.6) is 0 Å². The van der Waals surface area contributed by atoms with Crippen molar-refractivity contribution in [2.75, 3.05) is 6.61 Å². The number of ether oxygens (including phenoxy) is 1. The van der Waals surface area contributed by atoms with Gasteiger partial charge in [0, 0.05) is 6.42 Å². The predicted octanol–water partition coefficient (Wildman–Crippen LogP) is 3.07. The first-order chi connectivity index (χ1) is 8.36. The summed E-state index contributed by atoms with van der Waals surface area (Å²) < 4.78 is 10.3. The van der Waals surface area contributed by atoms with Crippen LogP contribution in [0.15, 0.2) is 53.3 Å². The lowest BCUT2D eigenvalue weighted by Gasteiger charge is -2.03. The van der Waals surface area contributed by atoms with Crippen molar-refractivity contribution in [3.8, 4) is 0 Å². The number of benzene rings is 1. The Morgan fingerprint density at radius 3 is 2.71 bits per heavy atom. The highest BCUT2D eigenvalue weighted by Gasteiger charge is 2.06. The Morgan fingerprint density at radius 2 is 2.00 bits per heavy atom. The summed E-state index contributed by atoms with van der Waals surface area (Å²) in [5.74, 6) is 0.0480. The number of hydrogen-bond donors (Lipinski definition) is 0. The van der Waals surface area contributed by atoms with E-state index >= 15 is 0 Å². The highest BCUT2D eigenvalue weighted by molar-refractivity contribution is 5.95. The fourth-order valence-electron chi connectivity index (χ4n) is 1.50. The van der Waals surface area contributed by atoms with Gasteiger partial charge in [0.05, 0.1) is 25.0 Å². The molecule has 88 valence electrons. The molecule has 0 atom stereocenters. The molecule has 0 bridgehead atoms. The Morgan fingerprint density at radius 1 is 1.18 bits per heavy atom. The highest BCUT2D eigenvalue weighted by atomic mass is 16.5. The van der Waals surface area contributed by atoms with Crippen molar-refractivity contribution in [3.05, 3.63) is 60.1 Å². The van der Waals surface area contributed by atoms with Crippen molar-refractivity contribution >= 4 is 5.78 Å². The van der Waals surface area contributed by atoms with E-state index in [4.69, 9.17) is 9.15 Å². The van der Waals surface area contributed by atoms with Crippen LogP contribution in [0, 0.1) is 0 Å². The summed E-state index contributed by atoms with van der Waals surface area (Å²) in [5, 5.41) is 0. The van der Waals surface area contributed by atoms with Crippen LogP contribution in [-0.2, 0) is 11.3 Å². The first-order valence-corrected chi connectivity index (χ1v) is 5.53. The third kappa shape index (κ3) is 3.57. The molecule has 1 aromatic heterocycles. The maximum atomic E-state index is 11.6. The molecule has 0 saturated carbocycles. The maximum absolute atomic E-state index is 11.6. The monoisotopic (exact) mass is 230 g/mol. The van der Waals surface area contributed by atoms with E-state index in [0.717, 1.165) is 5.56 Å². The minimum absolute atomic E-state index is 0.0480. The summed E-state index contributed by atoms with van der Waals surface area (Å²) in [5.41, 5.74) is 1.72. The van der Waals surface area contributed by atoms with E-state index in [1.54, 1.807) is 6.07 Å². The summed E-state index contributed by atoms with van der Waals surface area (Å²) in [7, 11) is 0. The van der Waals surface area contributed by atoms with Crippen molar-refractivity contribution in [3.63, 3.8) is 0 Å². The van der Waals surface area contributed by atoms with Gasteiger partial charge in [-0.25, -0.2) is 0 Å². The molecule has 3 nitrogen and oxygen atoms in total. The molecule has 0 saturated heterocycles. The lowest BCUT2D eigenvalue weighted by atomic mass is 10.2. The van der Waals surface area contributed by atoms with E-state index in [2.05, 4.69) is 0 Å². The van der Waals surface area contributed by atoms with E-state index in [0.29, 0.717) is 25.2 Å². The molecule has 2 aromatic rings. The van der Waals surface area contributed by atoms with Crippen molar-refractivity contribution in [1.82, 2.24) is 0 Å². The molecular formula is C14H14O3. The van der Waals surface area contributed by atoms with Gasteiger partial charge in [-0.1, -0.05) is 30.3 Å². The average Bonchev–Trinajstić information content (AvgIpc) is 2.89. The predicted molar refractivity (Wildman–Crippen MR) is 63.8 cm³/mol. The molecule has 2 rings (SSSR count). The molecule has 1 heterocycles. The van der Waals surface area contributed by atoms with Gasteiger partial charge in [0.2, 0.25) is 0 Å². The van der Waals surface area contributed by atoms with Crippen LogP contribution in [-0.4, -0.2) is 12.4 Å². The molecule has 3 heteroatoms. The second kappa shape index (κ2) is 6.01. The molecule has 0 radical (unpaired) electrons. The van der Waals surface area contributed by atoms with Crippen molar-refractivity contribution in [2.24, 2.45) is 0 Å². The molecule has 0 aliphatic rings. The normalized spacial score (nSPS) is 10.4. The lowest BCUT2D eigenvalue weighted by Crippen LogP contribution is -2.03. The number of carbonyl (C=O) groups excluding carboxylic acids is 1. The van der Waals surface area contributed by atoms with Crippen molar-refractivity contribution in [1.29, 1.82) is 0 Å². The van der Waals surface area contributed by atoms with E-state index in [1.165, 1.54) is 12.5 Å². The Hall–Kier alpha value is -1.87. The molecule has 0 aliphatic heterocycles. The largest absolute Gasteiger partial charge is 0.472 e. The number of rotatable bonds is 6. The minimum atomic E-state index is 0.0480. The highest BCUT2D eigenvalue weighted by Crippen LogP contribution is 2.05. The SMILES string of the molecule is O=C(CCOCc1ccccc1)c1ccoc1. The molecule has 0 aliphatic carbocycles. The molecule has 0 spiro atoms. The lowest BCUT2D eigenvalue weighted by molar-refractivity contribution is 0.0848. The zero-order chi connectivity index (χ0) is 11.9. The van der Waals surface area contributed by atoms with Gasteiger partial charge in [0.15, 0.2) is 5.78 Å². The van der Waals surface area contributed by atoms with Crippen LogP contribution in [0.3, 0.4) is 0 Å². The van der Waals surface area contributed by atoms with Crippen molar-refractivity contribution < 1.29 is 13.9 Å². The number of ketones is 1. The van der Waals surface area contributed by atoms with Gasteiger partial charge in [0.1, 0.15) is 6.26 Å². The second-order valence-corrected chi connectivity index (χ2v) is 3.72. The van der Waals surface area contributed by atoms with Gasteiger partial charge in [-0.3, -0.25) is 4.79 Å². The van der Waals surface area contributed by atoms with Gasteiger partial charge in [-0.05, 0) is 11.6 Å². The van der Waals surface area contributed by atoms with Gasteiger partial charge in [0.25, 0.3) is 0 Å². The fourth-order valence-corrected chi connectivity index (χ4v) is 1.50. The Balaban J connectivity index is 1.69. The summed E-state index contributed by atoms with van der Waals surface area (Å²) in [6.07, 6.45) is 3.34. The number of hydrogen-bond acceptors (Lipinski definition) is 3. The van der Waals surface area contributed by atoms with Crippen LogP contribution in [0.25, 0.3) is 0 Å². The maximum Gasteiger partial charge on any atom is 0.168 e. The Kier molecular flexibility index (Phi) is 4.11. The zero-order valence-electron chi connectivity index (χ0n) is 9.46. The molecule has 0 amide bonds. The summed E-state index contributed by atoms with van der Waals surface area (Å²) >= 11 is 0. The van der Waals surface area contributed by atoms with Crippen LogP contribution >= 0.6 is 0 Å². The van der Waals surface area contributed by atoms with E-state index in [9.17, 15) is 4.79 Å². The third-order valence-corrected chi connectivity index (χ3v) is 2.43. The van der Waals surface area contributed by atoms with E-state index in [1.807, 2.05) is 30.3 Å². The Labute approximate surface area is 100 Å². The molecule has 0 fully saturated rings. The fraction of sp³-hybridized carbons (Fsp3) is 0.214. The molecule has 17 heavy (non-hydrogen) atoms. The Bertz CT molecular complexity index is 446.